The Morgan fingerprint density at radius 1 is 1.33 bits per heavy atom. The summed E-state index contributed by atoms with van der Waals surface area (Å²) in [7, 11) is 1.44. The summed E-state index contributed by atoms with van der Waals surface area (Å²) in [4.78, 5) is 22.8. The molecule has 0 fully saturated rings. The van der Waals surface area contributed by atoms with Crippen molar-refractivity contribution in [2.45, 2.75) is 13.3 Å². The number of carbonyl (C=O) groups is 2. The Kier molecular flexibility index (Phi) is 4.18. The molecule has 80 valence electrons. The van der Waals surface area contributed by atoms with Crippen LogP contribution in [0.5, 0.6) is 0 Å². The second-order valence-electron chi connectivity index (χ2n) is 3.44. The van der Waals surface area contributed by atoms with Crippen LogP contribution in [0.1, 0.15) is 22.3 Å². The van der Waals surface area contributed by atoms with Crippen molar-refractivity contribution in [1.29, 1.82) is 0 Å². The molecule has 0 heterocycles. The van der Waals surface area contributed by atoms with Gasteiger partial charge in [-0.3, -0.25) is 9.59 Å². The van der Waals surface area contributed by atoms with Crippen LogP contribution in [-0.4, -0.2) is 25.3 Å². The van der Waals surface area contributed by atoms with E-state index in [0.717, 1.165) is 5.56 Å². The molecule has 0 bridgehead atoms. The van der Waals surface area contributed by atoms with Crippen molar-refractivity contribution in [3.05, 3.63) is 35.4 Å². The maximum absolute atomic E-state index is 11.6. The molecule has 0 aromatic heterocycles. The van der Waals surface area contributed by atoms with Crippen molar-refractivity contribution in [3.63, 3.8) is 0 Å². The van der Waals surface area contributed by atoms with Gasteiger partial charge in [-0.05, 0) is 13.0 Å². The van der Waals surface area contributed by atoms with Gasteiger partial charge in [-0.25, -0.2) is 0 Å². The van der Waals surface area contributed by atoms with E-state index >= 15 is 0 Å². The van der Waals surface area contributed by atoms with Crippen LogP contribution in [0.3, 0.4) is 0 Å². The highest BCUT2D eigenvalue weighted by molar-refractivity contribution is 6.08. The molecule has 1 aromatic rings. The summed E-state index contributed by atoms with van der Waals surface area (Å²) in [6, 6.07) is 7.22. The zero-order chi connectivity index (χ0) is 11.3. The molecular formula is C12H14O3. The lowest BCUT2D eigenvalue weighted by molar-refractivity contribution is -0.121. The number of ether oxygens (including phenoxy) is 1. The van der Waals surface area contributed by atoms with E-state index in [9.17, 15) is 9.59 Å². The maximum atomic E-state index is 11.6. The molecule has 3 nitrogen and oxygen atoms in total. The molecule has 0 saturated carbocycles. The van der Waals surface area contributed by atoms with Gasteiger partial charge in [-0.15, -0.1) is 0 Å². The first-order valence-electron chi connectivity index (χ1n) is 4.74. The van der Waals surface area contributed by atoms with E-state index in [1.54, 1.807) is 12.1 Å². The quantitative estimate of drug-likeness (QED) is 0.545. The van der Waals surface area contributed by atoms with Crippen molar-refractivity contribution in [2.75, 3.05) is 13.7 Å². The molecule has 0 aliphatic heterocycles. The molecule has 1 aromatic carbocycles. The number of carbonyl (C=O) groups excluding carboxylic acids is 2. The highest BCUT2D eigenvalue weighted by Crippen LogP contribution is 2.07. The molecule has 0 saturated heterocycles. The number of hydrogen-bond acceptors (Lipinski definition) is 3. The second-order valence-corrected chi connectivity index (χ2v) is 3.44. The molecule has 3 heteroatoms. The summed E-state index contributed by atoms with van der Waals surface area (Å²) in [6.45, 7) is 1.91. The van der Waals surface area contributed by atoms with E-state index in [-0.39, 0.29) is 24.6 Å². The van der Waals surface area contributed by atoms with E-state index in [4.69, 9.17) is 0 Å². The van der Waals surface area contributed by atoms with Crippen LogP contribution in [0.15, 0.2) is 24.3 Å². The molecule has 0 spiro atoms. The Balaban J connectivity index is 2.65. The predicted octanol–water partition coefficient (Wildman–Crippen LogP) is 1.78. The summed E-state index contributed by atoms with van der Waals surface area (Å²) in [5.41, 5.74) is 1.60. The van der Waals surface area contributed by atoms with Gasteiger partial charge in [0, 0.05) is 12.7 Å². The van der Waals surface area contributed by atoms with Crippen LogP contribution in [0.2, 0.25) is 0 Å². The first-order chi connectivity index (χ1) is 7.13. The Bertz CT molecular complexity index is 369. The summed E-state index contributed by atoms with van der Waals surface area (Å²) in [5.74, 6) is -0.343. The van der Waals surface area contributed by atoms with E-state index in [0.29, 0.717) is 5.56 Å². The first-order valence-corrected chi connectivity index (χ1v) is 4.74. The molecule has 15 heavy (non-hydrogen) atoms. The van der Waals surface area contributed by atoms with Crippen molar-refractivity contribution in [2.24, 2.45) is 0 Å². The minimum absolute atomic E-state index is 0.00242. The normalized spacial score (nSPS) is 10.0. The number of Topliss-reactive ketones (excluding diaryl/α,β-unsaturated/α-hetero) is 2. The van der Waals surface area contributed by atoms with Crippen molar-refractivity contribution in [3.8, 4) is 0 Å². The van der Waals surface area contributed by atoms with Crippen LogP contribution < -0.4 is 0 Å². The Morgan fingerprint density at radius 2 is 2.07 bits per heavy atom. The van der Waals surface area contributed by atoms with Crippen molar-refractivity contribution < 1.29 is 14.3 Å². The molecule has 1 rings (SSSR count). The smallest absolute Gasteiger partial charge is 0.170 e. The van der Waals surface area contributed by atoms with Crippen molar-refractivity contribution in [1.82, 2.24) is 0 Å². The van der Waals surface area contributed by atoms with Gasteiger partial charge >= 0.3 is 0 Å². The summed E-state index contributed by atoms with van der Waals surface area (Å²) in [5, 5.41) is 0. The molecule has 0 aliphatic rings. The third kappa shape index (κ3) is 3.64. The fraction of sp³-hybridized carbons (Fsp3) is 0.333. The zero-order valence-corrected chi connectivity index (χ0v) is 8.95. The van der Waals surface area contributed by atoms with Crippen LogP contribution in [0.4, 0.5) is 0 Å². The zero-order valence-electron chi connectivity index (χ0n) is 8.95. The van der Waals surface area contributed by atoms with Crippen molar-refractivity contribution >= 4 is 11.6 Å². The molecule has 0 amide bonds. The van der Waals surface area contributed by atoms with Gasteiger partial charge in [-0.1, -0.05) is 23.8 Å². The minimum Gasteiger partial charge on any atom is -0.377 e. The number of hydrogen-bond donors (Lipinski definition) is 0. The number of aryl methyl sites for hydroxylation is 1. The minimum atomic E-state index is -0.191. The molecule has 0 atom stereocenters. The lowest BCUT2D eigenvalue weighted by Crippen LogP contribution is -2.12. The summed E-state index contributed by atoms with van der Waals surface area (Å²) >= 11 is 0. The maximum Gasteiger partial charge on any atom is 0.170 e. The fourth-order valence-electron chi connectivity index (χ4n) is 1.31. The Hall–Kier alpha value is -1.48. The standard InChI is InChI=1S/C12H14O3/c1-9-4-3-5-10(6-9)12(14)7-11(13)8-15-2/h3-6H,7-8H2,1-2H3. The van der Waals surface area contributed by atoms with E-state index < -0.39 is 0 Å². The first kappa shape index (κ1) is 11.6. The number of ketones is 2. The number of benzene rings is 1. The highest BCUT2D eigenvalue weighted by atomic mass is 16.5. The monoisotopic (exact) mass is 206 g/mol. The summed E-state index contributed by atoms with van der Waals surface area (Å²) in [6.07, 6.45) is -0.0860. The fourth-order valence-corrected chi connectivity index (χ4v) is 1.31. The average molecular weight is 206 g/mol. The van der Waals surface area contributed by atoms with E-state index in [2.05, 4.69) is 4.74 Å². The third-order valence-electron chi connectivity index (χ3n) is 2.00. The molecule has 0 aliphatic carbocycles. The average Bonchev–Trinajstić information content (AvgIpc) is 2.18. The van der Waals surface area contributed by atoms with Crippen LogP contribution in [0.25, 0.3) is 0 Å². The van der Waals surface area contributed by atoms with Crippen LogP contribution in [-0.2, 0) is 9.53 Å². The highest BCUT2D eigenvalue weighted by Gasteiger charge is 2.11. The number of methoxy groups -OCH3 is 1. The van der Waals surface area contributed by atoms with Gasteiger partial charge < -0.3 is 4.74 Å². The van der Waals surface area contributed by atoms with Gasteiger partial charge in [0.05, 0.1) is 6.42 Å². The van der Waals surface area contributed by atoms with Gasteiger partial charge in [0.2, 0.25) is 0 Å². The Morgan fingerprint density at radius 3 is 2.67 bits per heavy atom. The van der Waals surface area contributed by atoms with Gasteiger partial charge in [-0.2, -0.15) is 0 Å². The second kappa shape index (κ2) is 5.41. The van der Waals surface area contributed by atoms with Crippen LogP contribution in [0, 0.1) is 6.92 Å². The molecule has 0 radical (unpaired) electrons. The lowest BCUT2D eigenvalue weighted by Gasteiger charge is -2.01. The topological polar surface area (TPSA) is 43.4 Å². The third-order valence-corrected chi connectivity index (χ3v) is 2.00. The molecule has 0 N–H and O–H groups in total. The largest absolute Gasteiger partial charge is 0.377 e. The lowest BCUT2D eigenvalue weighted by atomic mass is 10.0. The molecule has 0 unspecified atom stereocenters. The number of rotatable bonds is 5. The van der Waals surface area contributed by atoms with E-state index in [1.807, 2.05) is 19.1 Å². The SMILES string of the molecule is COCC(=O)CC(=O)c1cccc(C)c1. The Labute approximate surface area is 89.1 Å². The van der Waals surface area contributed by atoms with Gasteiger partial charge in [0.1, 0.15) is 6.61 Å². The van der Waals surface area contributed by atoms with E-state index in [1.165, 1.54) is 7.11 Å². The predicted molar refractivity (Wildman–Crippen MR) is 57.0 cm³/mol. The molecular weight excluding hydrogens is 192 g/mol. The van der Waals surface area contributed by atoms with Crippen LogP contribution >= 0.6 is 0 Å². The van der Waals surface area contributed by atoms with Gasteiger partial charge in [0.25, 0.3) is 0 Å². The summed E-state index contributed by atoms with van der Waals surface area (Å²) < 4.78 is 4.66. The van der Waals surface area contributed by atoms with Gasteiger partial charge in [0.15, 0.2) is 11.6 Å².